The van der Waals surface area contributed by atoms with E-state index in [1.165, 1.54) is 34.2 Å². The van der Waals surface area contributed by atoms with Crippen LogP contribution in [0.3, 0.4) is 0 Å². The standard InChI is InChI=1S/C22H21N3OS2/c1-12-5-6-17(9-13(12)2)25-14(3)10-16(15(25)4)11-18-20(26)19(21(23)28-18)22-24-7-8-27-22/h5-11,19,23H,1-4H3. The summed E-state index contributed by atoms with van der Waals surface area (Å²) in [5.74, 6) is -0.569. The lowest BCUT2D eigenvalue weighted by molar-refractivity contribution is -0.114. The summed E-state index contributed by atoms with van der Waals surface area (Å²) in [6.45, 7) is 8.38. The van der Waals surface area contributed by atoms with Gasteiger partial charge in [-0.1, -0.05) is 17.8 Å². The summed E-state index contributed by atoms with van der Waals surface area (Å²) in [7, 11) is 0. The van der Waals surface area contributed by atoms with Gasteiger partial charge in [-0.25, -0.2) is 4.98 Å². The first-order valence-corrected chi connectivity index (χ1v) is 10.7. The molecule has 6 heteroatoms. The largest absolute Gasteiger partial charge is 0.318 e. The molecule has 1 unspecified atom stereocenters. The molecule has 2 aromatic heterocycles. The number of carbonyl (C=O) groups excluding carboxylic acids is 1. The number of hydrogen-bond donors (Lipinski definition) is 1. The summed E-state index contributed by atoms with van der Waals surface area (Å²) >= 11 is 2.68. The van der Waals surface area contributed by atoms with Crippen molar-refractivity contribution in [3.63, 3.8) is 0 Å². The number of benzene rings is 1. The van der Waals surface area contributed by atoms with Crippen LogP contribution in [0.15, 0.2) is 40.7 Å². The Kier molecular flexibility index (Phi) is 4.85. The first-order chi connectivity index (χ1) is 13.4. The Hall–Kier alpha value is -2.44. The molecule has 0 amide bonds. The Bertz CT molecular complexity index is 1120. The molecule has 4 rings (SSSR count). The molecule has 1 fully saturated rings. The Morgan fingerprint density at radius 2 is 1.93 bits per heavy atom. The normalized spacial score (nSPS) is 18.4. The van der Waals surface area contributed by atoms with E-state index in [4.69, 9.17) is 5.41 Å². The predicted octanol–water partition coefficient (Wildman–Crippen LogP) is 5.59. The van der Waals surface area contributed by atoms with E-state index in [1.807, 2.05) is 11.5 Å². The van der Waals surface area contributed by atoms with Crippen molar-refractivity contribution < 1.29 is 4.79 Å². The van der Waals surface area contributed by atoms with Gasteiger partial charge in [-0.2, -0.15) is 0 Å². The van der Waals surface area contributed by atoms with Gasteiger partial charge in [0, 0.05) is 28.7 Å². The molecular weight excluding hydrogens is 386 g/mol. The van der Waals surface area contributed by atoms with E-state index in [0.717, 1.165) is 22.6 Å². The van der Waals surface area contributed by atoms with Crippen LogP contribution in [0.4, 0.5) is 0 Å². The third-order valence-corrected chi connectivity index (χ3v) is 7.03. The minimum absolute atomic E-state index is 0.0269. The van der Waals surface area contributed by atoms with E-state index in [0.29, 0.717) is 15.0 Å². The van der Waals surface area contributed by atoms with Crippen LogP contribution in [0.5, 0.6) is 0 Å². The van der Waals surface area contributed by atoms with E-state index in [2.05, 4.69) is 61.5 Å². The highest BCUT2D eigenvalue weighted by Crippen LogP contribution is 2.41. The van der Waals surface area contributed by atoms with Crippen molar-refractivity contribution in [3.05, 3.63) is 73.8 Å². The number of carbonyl (C=O) groups is 1. The molecule has 0 spiro atoms. The predicted molar refractivity (Wildman–Crippen MR) is 118 cm³/mol. The summed E-state index contributed by atoms with van der Waals surface area (Å²) in [5, 5.41) is 11.2. The minimum atomic E-state index is -0.542. The van der Waals surface area contributed by atoms with Crippen molar-refractivity contribution in [3.8, 4) is 5.69 Å². The summed E-state index contributed by atoms with van der Waals surface area (Å²) in [6.07, 6.45) is 3.61. The molecule has 1 aromatic carbocycles. The van der Waals surface area contributed by atoms with E-state index >= 15 is 0 Å². The van der Waals surface area contributed by atoms with Gasteiger partial charge in [-0.3, -0.25) is 10.2 Å². The highest BCUT2D eigenvalue weighted by Gasteiger charge is 2.38. The molecule has 1 aliphatic rings. The van der Waals surface area contributed by atoms with Crippen LogP contribution in [-0.4, -0.2) is 20.4 Å². The maximum absolute atomic E-state index is 12.9. The summed E-state index contributed by atoms with van der Waals surface area (Å²) in [6, 6.07) is 8.56. The summed E-state index contributed by atoms with van der Waals surface area (Å²) < 4.78 is 2.21. The molecule has 0 bridgehead atoms. The number of ketones is 1. The van der Waals surface area contributed by atoms with E-state index in [1.54, 1.807) is 6.20 Å². The molecule has 3 heterocycles. The van der Waals surface area contributed by atoms with Crippen LogP contribution in [-0.2, 0) is 4.79 Å². The number of aromatic nitrogens is 2. The lowest BCUT2D eigenvalue weighted by Gasteiger charge is -2.11. The van der Waals surface area contributed by atoms with Crippen LogP contribution in [0.25, 0.3) is 11.8 Å². The molecule has 4 nitrogen and oxygen atoms in total. The quantitative estimate of drug-likeness (QED) is 0.576. The van der Waals surface area contributed by atoms with Gasteiger partial charge in [0.25, 0.3) is 0 Å². The first-order valence-electron chi connectivity index (χ1n) is 9.05. The fourth-order valence-corrected chi connectivity index (χ4v) is 5.32. The fraction of sp³-hybridized carbons (Fsp3) is 0.227. The number of nitrogens with zero attached hydrogens (tertiary/aromatic N) is 2. The Morgan fingerprint density at radius 1 is 1.14 bits per heavy atom. The van der Waals surface area contributed by atoms with Gasteiger partial charge >= 0.3 is 0 Å². The van der Waals surface area contributed by atoms with Crippen LogP contribution in [0.1, 0.15) is 39.0 Å². The van der Waals surface area contributed by atoms with E-state index < -0.39 is 5.92 Å². The summed E-state index contributed by atoms with van der Waals surface area (Å²) in [4.78, 5) is 17.8. The molecule has 142 valence electrons. The van der Waals surface area contributed by atoms with Gasteiger partial charge in [0.2, 0.25) is 0 Å². The molecule has 0 aliphatic carbocycles. The molecule has 28 heavy (non-hydrogen) atoms. The monoisotopic (exact) mass is 407 g/mol. The zero-order valence-corrected chi connectivity index (χ0v) is 17.9. The Labute approximate surface area is 172 Å². The Balaban J connectivity index is 1.72. The molecule has 1 saturated heterocycles. The lowest BCUT2D eigenvalue weighted by atomic mass is 10.1. The van der Waals surface area contributed by atoms with Crippen molar-refractivity contribution in [2.24, 2.45) is 0 Å². The number of allylic oxidation sites excluding steroid dienone is 1. The maximum Gasteiger partial charge on any atom is 0.186 e. The number of Topliss-reactive ketones (excluding diaryl/α,β-unsaturated/α-hetero) is 1. The second-order valence-corrected chi connectivity index (χ2v) is 9.08. The maximum atomic E-state index is 12.9. The van der Waals surface area contributed by atoms with Crippen LogP contribution in [0.2, 0.25) is 0 Å². The number of rotatable bonds is 3. The zero-order valence-electron chi connectivity index (χ0n) is 16.2. The van der Waals surface area contributed by atoms with E-state index in [-0.39, 0.29) is 5.78 Å². The van der Waals surface area contributed by atoms with E-state index in [9.17, 15) is 4.79 Å². The molecule has 0 saturated carbocycles. The van der Waals surface area contributed by atoms with Gasteiger partial charge in [0.15, 0.2) is 5.78 Å². The minimum Gasteiger partial charge on any atom is -0.318 e. The average Bonchev–Trinajstić information content (AvgIpc) is 3.32. The molecule has 1 N–H and O–H groups in total. The molecule has 1 aliphatic heterocycles. The second kappa shape index (κ2) is 7.18. The molecule has 3 aromatic rings. The third-order valence-electron chi connectivity index (χ3n) is 5.19. The van der Waals surface area contributed by atoms with Crippen LogP contribution < -0.4 is 0 Å². The molecule has 0 radical (unpaired) electrons. The van der Waals surface area contributed by atoms with Gasteiger partial charge in [-0.05, 0) is 68.7 Å². The van der Waals surface area contributed by atoms with Crippen LogP contribution >= 0.6 is 23.1 Å². The SMILES string of the molecule is Cc1ccc(-n2c(C)cc(C=C3SC(=N)C(c4nccs4)C3=O)c2C)cc1C. The Morgan fingerprint density at radius 3 is 2.61 bits per heavy atom. The number of aryl methyl sites for hydroxylation is 3. The van der Waals surface area contributed by atoms with Gasteiger partial charge in [0.1, 0.15) is 10.9 Å². The van der Waals surface area contributed by atoms with Crippen molar-refractivity contribution in [2.45, 2.75) is 33.6 Å². The van der Waals surface area contributed by atoms with Gasteiger partial charge in [0.05, 0.1) is 9.95 Å². The average molecular weight is 408 g/mol. The third kappa shape index (κ3) is 3.16. The van der Waals surface area contributed by atoms with Crippen molar-refractivity contribution >= 4 is 40.0 Å². The number of thiazole rings is 1. The smallest absolute Gasteiger partial charge is 0.186 e. The topological polar surface area (TPSA) is 58.7 Å². The highest BCUT2D eigenvalue weighted by molar-refractivity contribution is 8.19. The number of thioether (sulfide) groups is 1. The highest BCUT2D eigenvalue weighted by atomic mass is 32.2. The molecular formula is C22H21N3OS2. The van der Waals surface area contributed by atoms with Gasteiger partial charge < -0.3 is 4.57 Å². The zero-order chi connectivity index (χ0) is 20.0. The van der Waals surface area contributed by atoms with Crippen molar-refractivity contribution in [1.82, 2.24) is 9.55 Å². The number of hydrogen-bond acceptors (Lipinski definition) is 5. The summed E-state index contributed by atoms with van der Waals surface area (Å²) in [5.41, 5.74) is 6.88. The van der Waals surface area contributed by atoms with Crippen LogP contribution in [0, 0.1) is 33.1 Å². The van der Waals surface area contributed by atoms with Crippen molar-refractivity contribution in [2.75, 3.05) is 0 Å². The number of nitrogens with one attached hydrogen (secondary N) is 1. The molecule has 1 atom stereocenters. The van der Waals surface area contributed by atoms with Gasteiger partial charge in [-0.15, -0.1) is 11.3 Å². The lowest BCUT2D eigenvalue weighted by Crippen LogP contribution is -2.11. The second-order valence-electron chi connectivity index (χ2n) is 7.07. The fourth-order valence-electron chi connectivity index (χ4n) is 3.53. The first kappa shape index (κ1) is 18.9. The van der Waals surface area contributed by atoms with Crippen molar-refractivity contribution in [1.29, 1.82) is 5.41 Å².